The van der Waals surface area contributed by atoms with E-state index in [0.717, 1.165) is 6.07 Å². The van der Waals surface area contributed by atoms with E-state index in [2.05, 4.69) is 20.4 Å². The second kappa shape index (κ2) is 10.4. The van der Waals surface area contributed by atoms with Crippen molar-refractivity contribution in [2.24, 2.45) is 0 Å². The van der Waals surface area contributed by atoms with Crippen LogP contribution in [0.2, 0.25) is 5.15 Å². The Hall–Kier alpha value is -3.80. The van der Waals surface area contributed by atoms with Crippen molar-refractivity contribution in [3.05, 3.63) is 82.5 Å². The predicted octanol–water partition coefficient (Wildman–Crippen LogP) is 6.42. The second-order valence-electron chi connectivity index (χ2n) is 7.38. The highest BCUT2D eigenvalue weighted by atomic mass is 35.5. The summed E-state index contributed by atoms with van der Waals surface area (Å²) in [5.74, 6) is -2.17. The lowest BCUT2D eigenvalue weighted by Gasteiger charge is -2.23. The monoisotopic (exact) mass is 531 g/mol. The number of pyridine rings is 1. The van der Waals surface area contributed by atoms with E-state index in [1.807, 2.05) is 0 Å². The molecule has 0 aliphatic heterocycles. The minimum Gasteiger partial charge on any atom is -0.455 e. The van der Waals surface area contributed by atoms with Gasteiger partial charge in [-0.25, -0.2) is 0 Å². The van der Waals surface area contributed by atoms with Crippen LogP contribution in [0.25, 0.3) is 0 Å². The molecule has 6 nitrogen and oxygen atoms in total. The molecule has 0 aliphatic carbocycles. The third-order valence-electron chi connectivity index (χ3n) is 4.64. The summed E-state index contributed by atoms with van der Waals surface area (Å²) in [4.78, 5) is 28.4. The normalized spacial score (nSPS) is 11.8. The zero-order valence-electron chi connectivity index (χ0n) is 18.2. The maximum absolute atomic E-state index is 12.8. The smallest absolute Gasteiger partial charge is 0.434 e. The van der Waals surface area contributed by atoms with Gasteiger partial charge < -0.3 is 15.4 Å². The lowest BCUT2D eigenvalue weighted by Crippen LogP contribution is -2.46. The average Bonchev–Trinajstić information content (AvgIpc) is 2.79. The molecule has 3 rings (SSSR count). The van der Waals surface area contributed by atoms with Gasteiger partial charge in [0.2, 0.25) is 5.88 Å². The molecule has 190 valence electrons. The number of alkyl halides is 6. The first-order chi connectivity index (χ1) is 16.8. The summed E-state index contributed by atoms with van der Waals surface area (Å²) < 4.78 is 80.6. The van der Waals surface area contributed by atoms with Gasteiger partial charge in [-0.2, -0.15) is 31.3 Å². The summed E-state index contributed by atoms with van der Waals surface area (Å²) in [6.07, 6.45) is -15.6. The molecule has 2 aromatic carbocycles. The van der Waals surface area contributed by atoms with Gasteiger partial charge in [-0.1, -0.05) is 35.9 Å². The van der Waals surface area contributed by atoms with Gasteiger partial charge >= 0.3 is 12.4 Å². The molecule has 1 heterocycles. The summed E-state index contributed by atoms with van der Waals surface area (Å²) in [7, 11) is 0. The van der Waals surface area contributed by atoms with Gasteiger partial charge in [0.15, 0.2) is 5.15 Å². The number of aromatic nitrogens is 1. The van der Waals surface area contributed by atoms with Gasteiger partial charge in [0, 0.05) is 22.9 Å². The number of carbonyl (C=O) groups is 2. The third kappa shape index (κ3) is 6.66. The molecule has 36 heavy (non-hydrogen) atoms. The van der Waals surface area contributed by atoms with Gasteiger partial charge in [0.05, 0.1) is 5.69 Å². The summed E-state index contributed by atoms with van der Waals surface area (Å²) >= 11 is 5.92. The number of aryl methyl sites for hydroxylation is 1. The Bertz CT molecular complexity index is 1230. The van der Waals surface area contributed by atoms with E-state index < -0.39 is 41.3 Å². The fourth-order valence-corrected chi connectivity index (χ4v) is 3.25. The summed E-state index contributed by atoms with van der Waals surface area (Å²) in [6.45, 7) is 1.28. The lowest BCUT2D eigenvalue weighted by atomic mass is 10.1. The molecule has 0 radical (unpaired) electrons. The maximum atomic E-state index is 12.8. The zero-order chi connectivity index (χ0) is 26.7. The van der Waals surface area contributed by atoms with Crippen LogP contribution >= 0.6 is 11.6 Å². The Morgan fingerprint density at radius 3 is 2.03 bits per heavy atom. The molecule has 3 aromatic rings. The summed E-state index contributed by atoms with van der Waals surface area (Å²) in [5.41, 5.74) is 0.608. The first-order valence-corrected chi connectivity index (χ1v) is 10.4. The Labute approximate surface area is 205 Å². The molecule has 0 saturated carbocycles. The molecular weight excluding hydrogens is 516 g/mol. The average molecular weight is 532 g/mol. The van der Waals surface area contributed by atoms with Crippen molar-refractivity contribution >= 4 is 34.8 Å². The van der Waals surface area contributed by atoms with Gasteiger partial charge in [0.25, 0.3) is 17.9 Å². The zero-order valence-corrected chi connectivity index (χ0v) is 18.9. The number of ether oxygens (including phenoxy) is 1. The van der Waals surface area contributed by atoms with Crippen LogP contribution < -0.4 is 15.4 Å². The van der Waals surface area contributed by atoms with E-state index in [0.29, 0.717) is 11.3 Å². The minimum absolute atomic E-state index is 0.00464. The molecule has 2 amide bonds. The van der Waals surface area contributed by atoms with Crippen LogP contribution in [0.1, 0.15) is 26.3 Å². The number of rotatable bonds is 6. The van der Waals surface area contributed by atoms with E-state index in [9.17, 15) is 35.9 Å². The van der Waals surface area contributed by atoms with Gasteiger partial charge in [-0.15, -0.1) is 0 Å². The van der Waals surface area contributed by atoms with Crippen LogP contribution in [-0.2, 0) is 0 Å². The highest BCUT2D eigenvalue weighted by Gasteiger charge is 2.59. The van der Waals surface area contributed by atoms with E-state index >= 15 is 0 Å². The fraction of sp³-hybridized carbons (Fsp3) is 0.174. The Kier molecular flexibility index (Phi) is 7.77. The van der Waals surface area contributed by atoms with Crippen molar-refractivity contribution in [2.75, 3.05) is 10.6 Å². The van der Waals surface area contributed by atoms with Crippen LogP contribution in [0.4, 0.5) is 37.7 Å². The van der Waals surface area contributed by atoms with Gasteiger partial charge in [-0.3, -0.25) is 9.59 Å². The SMILES string of the molecule is Cc1cc(OC(C(F)(F)F)C(F)(F)F)nc(Cl)c1NC(=O)c1cccc(NC(=O)c2ccccc2)c1. The molecule has 0 bridgehead atoms. The Balaban J connectivity index is 1.77. The first-order valence-electron chi connectivity index (χ1n) is 10.0. The number of nitrogens with zero attached hydrogens (tertiary/aromatic N) is 1. The summed E-state index contributed by atoms with van der Waals surface area (Å²) in [5, 5.41) is 4.45. The largest absolute Gasteiger partial charge is 0.455 e. The molecule has 0 saturated heterocycles. The molecule has 0 unspecified atom stereocenters. The number of carbonyl (C=O) groups excluding carboxylic acids is 2. The fourth-order valence-electron chi connectivity index (χ4n) is 2.97. The van der Waals surface area contributed by atoms with Crippen LogP contribution in [0, 0.1) is 6.92 Å². The van der Waals surface area contributed by atoms with Crippen LogP contribution in [0.5, 0.6) is 5.88 Å². The number of benzene rings is 2. The van der Waals surface area contributed by atoms with E-state index in [4.69, 9.17) is 11.6 Å². The molecule has 0 spiro atoms. The predicted molar refractivity (Wildman–Crippen MR) is 119 cm³/mol. The maximum Gasteiger partial charge on any atom is 0.434 e. The lowest BCUT2D eigenvalue weighted by molar-refractivity contribution is -0.300. The molecule has 1 aromatic heterocycles. The number of hydrogen-bond donors (Lipinski definition) is 2. The van der Waals surface area contributed by atoms with Crippen LogP contribution in [0.15, 0.2) is 60.7 Å². The molecule has 13 heteroatoms. The highest BCUT2D eigenvalue weighted by Crippen LogP contribution is 2.37. The number of hydrogen-bond acceptors (Lipinski definition) is 4. The second-order valence-corrected chi connectivity index (χ2v) is 7.74. The summed E-state index contributed by atoms with van der Waals surface area (Å²) in [6, 6.07) is 14.9. The third-order valence-corrected chi connectivity index (χ3v) is 4.91. The quantitative estimate of drug-likeness (QED) is 0.284. The molecular formula is C23H16ClF6N3O3. The molecule has 0 aliphatic rings. The number of anilines is 2. The topological polar surface area (TPSA) is 80.3 Å². The van der Waals surface area contributed by atoms with Crippen LogP contribution in [-0.4, -0.2) is 35.3 Å². The van der Waals surface area contributed by atoms with Gasteiger partial charge in [-0.05, 0) is 42.8 Å². The Morgan fingerprint density at radius 1 is 0.861 bits per heavy atom. The standard InChI is InChI=1S/C23H16ClF6N3O3/c1-12-10-16(36-21(22(25,26)27)23(28,29)30)32-18(24)17(12)33-20(35)14-8-5-9-15(11-14)31-19(34)13-6-3-2-4-7-13/h2-11,21H,1H3,(H,31,34)(H,33,35). The molecule has 2 N–H and O–H groups in total. The minimum atomic E-state index is -5.74. The number of nitrogens with one attached hydrogen (secondary N) is 2. The van der Waals surface area contributed by atoms with Gasteiger partial charge in [0.1, 0.15) is 0 Å². The van der Waals surface area contributed by atoms with Crippen molar-refractivity contribution in [3.8, 4) is 5.88 Å². The molecule has 0 atom stereocenters. The van der Waals surface area contributed by atoms with Crippen molar-refractivity contribution < 1.29 is 40.7 Å². The number of amides is 2. The number of halogens is 7. The van der Waals surface area contributed by atoms with Crippen molar-refractivity contribution in [3.63, 3.8) is 0 Å². The first kappa shape index (κ1) is 26.8. The van der Waals surface area contributed by atoms with E-state index in [1.54, 1.807) is 36.4 Å². The van der Waals surface area contributed by atoms with Crippen molar-refractivity contribution in [1.82, 2.24) is 4.98 Å². The van der Waals surface area contributed by atoms with Crippen molar-refractivity contribution in [2.45, 2.75) is 25.4 Å². The molecule has 0 fully saturated rings. The van der Waals surface area contributed by atoms with Crippen LogP contribution in [0.3, 0.4) is 0 Å². The highest BCUT2D eigenvalue weighted by molar-refractivity contribution is 6.33. The Morgan fingerprint density at radius 2 is 1.44 bits per heavy atom. The van der Waals surface area contributed by atoms with Crippen molar-refractivity contribution in [1.29, 1.82) is 0 Å². The van der Waals surface area contributed by atoms with E-state index in [-0.39, 0.29) is 16.8 Å². The van der Waals surface area contributed by atoms with E-state index in [1.165, 1.54) is 25.1 Å².